The number of ether oxygens (including phenoxy) is 2. The zero-order valence-electron chi connectivity index (χ0n) is 13.2. The maximum atomic E-state index is 10.8. The third-order valence-electron chi connectivity index (χ3n) is 3.83. The molecule has 1 aliphatic rings. The number of rotatable bonds is 5. The maximum Gasteiger partial charge on any atom is 0.341 e. The normalized spacial score (nSPS) is 16.0. The predicted molar refractivity (Wildman–Crippen MR) is 94.7 cm³/mol. The number of benzene rings is 1. The summed E-state index contributed by atoms with van der Waals surface area (Å²) in [6.45, 7) is 1.76. The molecule has 24 heavy (non-hydrogen) atoms. The number of aliphatic carboxylic acids is 1. The van der Waals surface area contributed by atoms with Gasteiger partial charge in [0.25, 0.3) is 0 Å². The van der Waals surface area contributed by atoms with Crippen molar-refractivity contribution < 1.29 is 19.4 Å². The van der Waals surface area contributed by atoms with Crippen molar-refractivity contribution in [3.63, 3.8) is 0 Å². The van der Waals surface area contributed by atoms with Gasteiger partial charge in [-0.2, -0.15) is 0 Å². The van der Waals surface area contributed by atoms with Gasteiger partial charge in [0.05, 0.1) is 12.3 Å². The van der Waals surface area contributed by atoms with Crippen molar-refractivity contribution in [3.05, 3.63) is 51.3 Å². The molecule has 7 heteroatoms. The molecule has 1 aliphatic heterocycles. The summed E-state index contributed by atoms with van der Waals surface area (Å²) in [5.41, 5.74) is 3.43. The van der Waals surface area contributed by atoms with Crippen LogP contribution in [0.15, 0.2) is 33.8 Å². The van der Waals surface area contributed by atoms with Crippen LogP contribution in [0.4, 0.5) is 0 Å². The van der Waals surface area contributed by atoms with E-state index in [1.54, 1.807) is 18.7 Å². The Labute approximate surface area is 152 Å². The van der Waals surface area contributed by atoms with Crippen molar-refractivity contribution in [3.8, 4) is 5.75 Å². The van der Waals surface area contributed by atoms with E-state index in [0.29, 0.717) is 22.7 Å². The van der Waals surface area contributed by atoms with Gasteiger partial charge >= 0.3 is 5.97 Å². The summed E-state index contributed by atoms with van der Waals surface area (Å²) in [5.74, 6) is -0.520. The molecule has 1 unspecified atom stereocenters. The van der Waals surface area contributed by atoms with E-state index in [1.165, 1.54) is 4.90 Å². The summed E-state index contributed by atoms with van der Waals surface area (Å²) in [7, 11) is 0. The smallest absolute Gasteiger partial charge is 0.341 e. The first-order chi connectivity index (χ1) is 11.5. The number of carboxylic acids is 1. The van der Waals surface area contributed by atoms with E-state index in [-0.39, 0.29) is 6.10 Å². The van der Waals surface area contributed by atoms with Crippen LogP contribution in [0, 0.1) is 6.92 Å². The zero-order chi connectivity index (χ0) is 17.3. The molecule has 0 saturated carbocycles. The first-order valence-electron chi connectivity index (χ1n) is 7.30. The van der Waals surface area contributed by atoms with Crippen molar-refractivity contribution >= 4 is 33.7 Å². The third-order valence-corrected chi connectivity index (χ3v) is 5.18. The van der Waals surface area contributed by atoms with Gasteiger partial charge in [0.1, 0.15) is 16.5 Å². The molecule has 126 valence electrons. The van der Waals surface area contributed by atoms with Gasteiger partial charge in [0, 0.05) is 16.0 Å². The topological polar surface area (TPSA) is 68.7 Å². The molecule has 0 amide bonds. The monoisotopic (exact) mass is 409 g/mol. The van der Waals surface area contributed by atoms with Crippen LogP contribution < -0.4 is 4.74 Å². The lowest BCUT2D eigenvalue weighted by Gasteiger charge is -2.15. The Morgan fingerprint density at radius 2 is 2.17 bits per heavy atom. The van der Waals surface area contributed by atoms with Crippen LogP contribution in [-0.2, 0) is 16.1 Å². The number of nitrogens with zero attached hydrogens (tertiary/aromatic N) is 1. The van der Waals surface area contributed by atoms with Gasteiger partial charge in [-0.1, -0.05) is 12.1 Å². The summed E-state index contributed by atoms with van der Waals surface area (Å²) >= 11 is 5.20. The van der Waals surface area contributed by atoms with Crippen molar-refractivity contribution in [2.24, 2.45) is 0 Å². The van der Waals surface area contributed by atoms with Gasteiger partial charge in [-0.15, -0.1) is 11.8 Å². The molecule has 3 rings (SSSR count). The highest BCUT2D eigenvalue weighted by Gasteiger charge is 2.32. The molecular formula is C17H16BrNO4S. The summed E-state index contributed by atoms with van der Waals surface area (Å²) < 4.78 is 12.1. The summed E-state index contributed by atoms with van der Waals surface area (Å²) in [6, 6.07) is 8.18. The van der Waals surface area contributed by atoms with E-state index in [0.717, 1.165) is 16.7 Å². The van der Waals surface area contributed by atoms with Gasteiger partial charge in [0.15, 0.2) is 6.61 Å². The lowest BCUT2D eigenvalue weighted by molar-refractivity contribution is -0.139. The van der Waals surface area contributed by atoms with Crippen LogP contribution in [0.3, 0.4) is 0 Å². The van der Waals surface area contributed by atoms with Crippen LogP contribution in [0.25, 0.3) is 0 Å². The third kappa shape index (κ3) is 3.29. The molecule has 2 heterocycles. The summed E-state index contributed by atoms with van der Waals surface area (Å²) in [4.78, 5) is 16.4. The Bertz CT molecular complexity index is 779. The van der Waals surface area contributed by atoms with E-state index in [1.807, 2.05) is 18.4 Å². The number of hydrogen-bond donors (Lipinski definition) is 1. The average molecular weight is 410 g/mol. The minimum absolute atomic E-state index is 0.245. The molecule has 0 radical (unpaired) electrons. The molecule has 0 spiro atoms. The van der Waals surface area contributed by atoms with E-state index < -0.39 is 12.6 Å². The largest absolute Gasteiger partial charge is 0.480 e. The summed E-state index contributed by atoms with van der Waals surface area (Å²) in [5, 5.41) is 8.86. The molecule has 5 nitrogen and oxygen atoms in total. The van der Waals surface area contributed by atoms with Crippen LogP contribution >= 0.6 is 27.7 Å². The van der Waals surface area contributed by atoms with Crippen molar-refractivity contribution in [2.45, 2.75) is 24.5 Å². The van der Waals surface area contributed by atoms with E-state index in [4.69, 9.17) is 14.6 Å². The second-order valence-electron chi connectivity index (χ2n) is 5.36. The van der Waals surface area contributed by atoms with Gasteiger partial charge < -0.3 is 14.6 Å². The SMILES string of the molecule is CSc1ccc(C2OCc3c(OCC(=O)O)c(C)nc(Br)c32)cc1. The molecule has 1 atom stereocenters. The Kier molecular flexibility index (Phi) is 5.12. The van der Waals surface area contributed by atoms with Gasteiger partial charge in [-0.3, -0.25) is 0 Å². The van der Waals surface area contributed by atoms with Gasteiger partial charge in [0.2, 0.25) is 0 Å². The summed E-state index contributed by atoms with van der Waals surface area (Å²) in [6.07, 6.45) is 1.79. The second kappa shape index (κ2) is 7.13. The molecule has 1 aromatic heterocycles. The number of aryl methyl sites for hydroxylation is 1. The number of aromatic nitrogens is 1. The fraction of sp³-hybridized carbons (Fsp3) is 0.294. The number of pyridine rings is 1. The van der Waals surface area contributed by atoms with Gasteiger partial charge in [-0.05, 0) is 46.8 Å². The van der Waals surface area contributed by atoms with Crippen molar-refractivity contribution in [1.82, 2.24) is 4.98 Å². The van der Waals surface area contributed by atoms with E-state index in [9.17, 15) is 4.79 Å². The average Bonchev–Trinajstić information content (AvgIpc) is 2.99. The minimum Gasteiger partial charge on any atom is -0.480 e. The lowest BCUT2D eigenvalue weighted by atomic mass is 10.0. The van der Waals surface area contributed by atoms with Crippen LogP contribution in [0.5, 0.6) is 5.75 Å². The number of hydrogen-bond acceptors (Lipinski definition) is 5. The number of carboxylic acid groups (broad SMARTS) is 1. The second-order valence-corrected chi connectivity index (χ2v) is 6.99. The molecule has 1 N–H and O–H groups in total. The van der Waals surface area contributed by atoms with Crippen molar-refractivity contribution in [1.29, 1.82) is 0 Å². The lowest BCUT2D eigenvalue weighted by Crippen LogP contribution is -2.12. The Morgan fingerprint density at radius 1 is 1.46 bits per heavy atom. The van der Waals surface area contributed by atoms with E-state index in [2.05, 4.69) is 33.0 Å². The highest BCUT2D eigenvalue weighted by molar-refractivity contribution is 9.10. The highest BCUT2D eigenvalue weighted by atomic mass is 79.9. The molecule has 0 fully saturated rings. The Hall–Kier alpha value is -1.57. The predicted octanol–water partition coefficient (Wildman–Crippen LogP) is 3.96. The van der Waals surface area contributed by atoms with Crippen LogP contribution in [-0.4, -0.2) is 28.9 Å². The first-order valence-corrected chi connectivity index (χ1v) is 9.32. The van der Waals surface area contributed by atoms with Crippen molar-refractivity contribution in [2.75, 3.05) is 12.9 Å². The molecule has 0 bridgehead atoms. The first kappa shape index (κ1) is 17.3. The maximum absolute atomic E-state index is 10.8. The van der Waals surface area contributed by atoms with Crippen LogP contribution in [0.1, 0.15) is 28.5 Å². The van der Waals surface area contributed by atoms with Crippen LogP contribution in [0.2, 0.25) is 0 Å². The fourth-order valence-corrected chi connectivity index (χ4v) is 3.87. The molecule has 0 saturated heterocycles. The fourth-order valence-electron chi connectivity index (χ4n) is 2.75. The number of halogens is 1. The Balaban J connectivity index is 2.00. The highest BCUT2D eigenvalue weighted by Crippen LogP contribution is 2.44. The quantitative estimate of drug-likeness (QED) is 0.595. The molecule has 1 aromatic carbocycles. The Morgan fingerprint density at radius 3 is 2.79 bits per heavy atom. The molecule has 2 aromatic rings. The number of carbonyl (C=O) groups is 1. The zero-order valence-corrected chi connectivity index (χ0v) is 15.6. The standard InChI is InChI=1S/C17H16BrNO4S/c1-9-15(23-8-13(20)21)12-7-22-16(14(12)17(18)19-9)10-3-5-11(24-2)6-4-10/h3-6,16H,7-8H2,1-2H3,(H,20,21). The number of fused-ring (bicyclic) bond motifs is 1. The molecular weight excluding hydrogens is 394 g/mol. The minimum atomic E-state index is -1.02. The van der Waals surface area contributed by atoms with E-state index >= 15 is 0 Å². The van der Waals surface area contributed by atoms with Gasteiger partial charge in [-0.25, -0.2) is 9.78 Å². The molecule has 0 aliphatic carbocycles. The number of thioether (sulfide) groups is 1.